The van der Waals surface area contributed by atoms with Gasteiger partial charge in [0.25, 0.3) is 0 Å². The van der Waals surface area contributed by atoms with Gasteiger partial charge in [-0.05, 0) is 19.5 Å². The van der Waals surface area contributed by atoms with Crippen molar-refractivity contribution in [1.82, 2.24) is 4.90 Å². The zero-order valence-corrected chi connectivity index (χ0v) is 11.8. The maximum Gasteiger partial charge on any atom is 0.111 e. The van der Waals surface area contributed by atoms with E-state index in [1.807, 2.05) is 0 Å². The third-order valence-electron chi connectivity index (χ3n) is 2.77. The highest BCUT2D eigenvalue weighted by molar-refractivity contribution is 4.82. The normalized spacial score (nSPS) is 17.4. The molecule has 2 unspecified atom stereocenters. The Kier molecular flexibility index (Phi) is 10.3. The maximum atomic E-state index is 9.78. The zero-order valence-electron chi connectivity index (χ0n) is 11.8. The van der Waals surface area contributed by atoms with Crippen molar-refractivity contribution in [2.24, 2.45) is 5.11 Å². The highest BCUT2D eigenvalue weighted by atomic mass is 16.5. The first-order chi connectivity index (χ1) is 9.43. The van der Waals surface area contributed by atoms with Crippen LogP contribution in [-0.2, 0) is 4.74 Å². The number of likely N-dealkylation sites (N-methyl/N-ethyl adjacent to an activating group) is 1. The molecule has 0 aromatic heterocycles. The number of ether oxygens (including phenoxy) is 1. The van der Waals surface area contributed by atoms with Crippen molar-refractivity contribution in [2.75, 3.05) is 39.9 Å². The molecule has 0 aliphatic carbocycles. The van der Waals surface area contributed by atoms with Gasteiger partial charge in [0.15, 0.2) is 0 Å². The van der Waals surface area contributed by atoms with Crippen molar-refractivity contribution in [3.8, 4) is 0 Å². The summed E-state index contributed by atoms with van der Waals surface area (Å²) in [6.45, 7) is 2.72. The molecule has 4 N–H and O–H groups in total. The SMILES string of the molecule is CCOCC(O)[C@@H](O)[C@H](O)C(O)CN(C)CCN=[N+]=[N-]. The number of hydrogen-bond acceptors (Lipinski definition) is 7. The van der Waals surface area contributed by atoms with E-state index in [0.29, 0.717) is 13.2 Å². The van der Waals surface area contributed by atoms with E-state index in [0.717, 1.165) is 0 Å². The third-order valence-corrected chi connectivity index (χ3v) is 2.77. The maximum absolute atomic E-state index is 9.78. The Balaban J connectivity index is 4.17. The van der Waals surface area contributed by atoms with E-state index in [2.05, 4.69) is 10.0 Å². The van der Waals surface area contributed by atoms with Gasteiger partial charge >= 0.3 is 0 Å². The van der Waals surface area contributed by atoms with Gasteiger partial charge in [-0.2, -0.15) is 0 Å². The standard InChI is InChI=1S/C11H24N4O5/c1-3-20-7-9(17)11(19)10(18)8(16)6-15(2)5-4-13-14-12/h8-11,16-19H,3-7H2,1-2H3/t8?,9?,10-,11-/m1/s1. The van der Waals surface area contributed by atoms with E-state index < -0.39 is 24.4 Å². The molecular formula is C11H24N4O5. The second-order valence-corrected chi connectivity index (χ2v) is 4.49. The van der Waals surface area contributed by atoms with Crippen molar-refractivity contribution in [3.63, 3.8) is 0 Å². The fourth-order valence-corrected chi connectivity index (χ4v) is 1.57. The lowest BCUT2D eigenvalue weighted by atomic mass is 10.0. The molecule has 0 fully saturated rings. The number of aliphatic hydroxyl groups excluding tert-OH is 4. The summed E-state index contributed by atoms with van der Waals surface area (Å²) in [6.07, 6.45) is -5.50. The third kappa shape index (κ3) is 7.61. The predicted molar refractivity (Wildman–Crippen MR) is 72.0 cm³/mol. The van der Waals surface area contributed by atoms with E-state index in [4.69, 9.17) is 10.3 Å². The van der Waals surface area contributed by atoms with E-state index >= 15 is 0 Å². The number of azide groups is 1. The molecule has 9 heteroatoms. The fourth-order valence-electron chi connectivity index (χ4n) is 1.57. The summed E-state index contributed by atoms with van der Waals surface area (Å²) in [5.41, 5.74) is 8.13. The van der Waals surface area contributed by atoms with Crippen molar-refractivity contribution in [1.29, 1.82) is 0 Å². The van der Waals surface area contributed by atoms with E-state index in [-0.39, 0.29) is 19.7 Å². The van der Waals surface area contributed by atoms with Gasteiger partial charge in [-0.3, -0.25) is 0 Å². The van der Waals surface area contributed by atoms with Crippen LogP contribution in [0.2, 0.25) is 0 Å². The van der Waals surface area contributed by atoms with Crippen molar-refractivity contribution in [3.05, 3.63) is 10.4 Å². The molecule has 0 radical (unpaired) electrons. The molecule has 9 nitrogen and oxygen atoms in total. The van der Waals surface area contributed by atoms with Gasteiger partial charge in [0.1, 0.15) is 18.3 Å². The quantitative estimate of drug-likeness (QED) is 0.212. The molecule has 20 heavy (non-hydrogen) atoms. The van der Waals surface area contributed by atoms with E-state index in [1.165, 1.54) is 0 Å². The molecule has 0 spiro atoms. The molecule has 0 aliphatic rings. The summed E-state index contributed by atoms with van der Waals surface area (Å²) in [4.78, 5) is 4.24. The highest BCUT2D eigenvalue weighted by Crippen LogP contribution is 2.07. The van der Waals surface area contributed by atoms with Crippen LogP contribution in [0.1, 0.15) is 6.92 Å². The second kappa shape index (κ2) is 10.8. The Hall–Kier alpha value is -0.930. The molecule has 0 bridgehead atoms. The number of rotatable bonds is 11. The number of aliphatic hydroxyl groups is 4. The first kappa shape index (κ1) is 19.1. The summed E-state index contributed by atoms with van der Waals surface area (Å²) >= 11 is 0. The summed E-state index contributed by atoms with van der Waals surface area (Å²) in [6, 6.07) is 0. The van der Waals surface area contributed by atoms with Crippen LogP contribution < -0.4 is 0 Å². The van der Waals surface area contributed by atoms with Gasteiger partial charge in [0, 0.05) is 31.2 Å². The van der Waals surface area contributed by atoms with Crippen LogP contribution in [0.15, 0.2) is 5.11 Å². The minimum absolute atomic E-state index is 0.0700. The van der Waals surface area contributed by atoms with Crippen LogP contribution in [0.3, 0.4) is 0 Å². The highest BCUT2D eigenvalue weighted by Gasteiger charge is 2.30. The molecule has 0 aromatic rings. The first-order valence-electron chi connectivity index (χ1n) is 6.43. The minimum Gasteiger partial charge on any atom is -0.389 e. The molecule has 0 rings (SSSR count). The molecule has 0 aliphatic heterocycles. The van der Waals surface area contributed by atoms with Crippen molar-refractivity contribution in [2.45, 2.75) is 31.3 Å². The molecule has 0 saturated carbocycles. The van der Waals surface area contributed by atoms with Gasteiger partial charge in [0.2, 0.25) is 0 Å². The predicted octanol–water partition coefficient (Wildman–Crippen LogP) is -1.29. The Labute approximate surface area is 118 Å². The lowest BCUT2D eigenvalue weighted by Gasteiger charge is -2.28. The van der Waals surface area contributed by atoms with Gasteiger partial charge in [-0.25, -0.2) is 0 Å². The van der Waals surface area contributed by atoms with Gasteiger partial charge in [-0.1, -0.05) is 5.11 Å². The van der Waals surface area contributed by atoms with Crippen molar-refractivity contribution >= 4 is 0 Å². The minimum atomic E-state index is -1.50. The second-order valence-electron chi connectivity index (χ2n) is 4.49. The van der Waals surface area contributed by atoms with Gasteiger partial charge in [-0.15, -0.1) is 0 Å². The number of nitrogens with zero attached hydrogens (tertiary/aromatic N) is 4. The monoisotopic (exact) mass is 292 g/mol. The summed E-state index contributed by atoms with van der Waals surface area (Å²) in [7, 11) is 1.67. The average molecular weight is 292 g/mol. The fraction of sp³-hybridized carbons (Fsp3) is 1.00. The van der Waals surface area contributed by atoms with Crippen LogP contribution in [0, 0.1) is 0 Å². The zero-order chi connectivity index (χ0) is 15.5. The van der Waals surface area contributed by atoms with Gasteiger partial charge in [0.05, 0.1) is 12.7 Å². The average Bonchev–Trinajstić information content (AvgIpc) is 2.43. The number of hydrogen-bond donors (Lipinski definition) is 4. The van der Waals surface area contributed by atoms with E-state index in [1.54, 1.807) is 18.9 Å². The van der Waals surface area contributed by atoms with Gasteiger partial charge < -0.3 is 30.1 Å². The Morgan fingerprint density at radius 1 is 1.20 bits per heavy atom. The topological polar surface area (TPSA) is 142 Å². The molecule has 0 heterocycles. The van der Waals surface area contributed by atoms with Crippen LogP contribution in [0.4, 0.5) is 0 Å². The summed E-state index contributed by atoms with van der Waals surface area (Å²) < 4.78 is 4.93. The Morgan fingerprint density at radius 2 is 1.80 bits per heavy atom. The lowest BCUT2D eigenvalue weighted by Crippen LogP contribution is -2.49. The molecule has 0 saturated heterocycles. The molecule has 0 amide bonds. The summed E-state index contributed by atoms with van der Waals surface area (Å²) in [5.74, 6) is 0. The van der Waals surface area contributed by atoms with E-state index in [9.17, 15) is 20.4 Å². The Bertz CT molecular complexity index is 301. The van der Waals surface area contributed by atoms with Crippen LogP contribution >= 0.6 is 0 Å². The van der Waals surface area contributed by atoms with Crippen LogP contribution in [-0.4, -0.2) is 89.6 Å². The van der Waals surface area contributed by atoms with Crippen molar-refractivity contribution < 1.29 is 25.2 Å². The first-order valence-corrected chi connectivity index (χ1v) is 6.43. The van der Waals surface area contributed by atoms with Crippen LogP contribution in [0.25, 0.3) is 10.4 Å². The van der Waals surface area contributed by atoms with Crippen LogP contribution in [0.5, 0.6) is 0 Å². The Morgan fingerprint density at radius 3 is 2.35 bits per heavy atom. The smallest absolute Gasteiger partial charge is 0.111 e. The largest absolute Gasteiger partial charge is 0.389 e. The lowest BCUT2D eigenvalue weighted by molar-refractivity contribution is -0.124. The molecule has 0 aromatic carbocycles. The molecular weight excluding hydrogens is 268 g/mol. The molecule has 118 valence electrons. The summed E-state index contributed by atoms with van der Waals surface area (Å²) in [5, 5.41) is 42.1. The molecule has 4 atom stereocenters.